The average molecular weight is 503 g/mol. The highest BCUT2D eigenvalue weighted by molar-refractivity contribution is 8.03. The molecule has 2 aliphatic rings. The lowest BCUT2D eigenvalue weighted by atomic mass is 9.69. The minimum Gasteiger partial charge on any atom is -0.352 e. The Bertz CT molecular complexity index is 1370. The van der Waals surface area contributed by atoms with Crippen LogP contribution in [0.1, 0.15) is 43.7 Å². The van der Waals surface area contributed by atoms with Gasteiger partial charge in [0.15, 0.2) is 5.78 Å². The molecular weight excluding hydrogens is 476 g/mol. The summed E-state index contributed by atoms with van der Waals surface area (Å²) >= 11 is 1.18. The number of nitro groups is 1. The van der Waals surface area contributed by atoms with Crippen molar-refractivity contribution in [3.05, 3.63) is 91.6 Å². The average Bonchev–Trinajstić information content (AvgIpc) is 2.82. The number of nitro benzene ring substituents is 1. The van der Waals surface area contributed by atoms with Gasteiger partial charge in [0.05, 0.1) is 33.3 Å². The molecule has 0 saturated heterocycles. The van der Waals surface area contributed by atoms with E-state index in [4.69, 9.17) is 0 Å². The van der Waals surface area contributed by atoms with Crippen molar-refractivity contribution < 1.29 is 14.5 Å². The number of para-hydroxylation sites is 1. The number of ketones is 1. The summed E-state index contributed by atoms with van der Waals surface area (Å²) < 4.78 is 0. The van der Waals surface area contributed by atoms with E-state index in [1.54, 1.807) is 12.1 Å². The van der Waals surface area contributed by atoms with Crippen LogP contribution in [0, 0.1) is 33.8 Å². The number of hydrogen-bond acceptors (Lipinski definition) is 7. The number of nitriles is 1. The number of thioether (sulfide) groups is 1. The molecule has 8 nitrogen and oxygen atoms in total. The first-order valence-electron chi connectivity index (χ1n) is 11.5. The number of nitrogens with one attached hydrogen (secondary N) is 2. The van der Waals surface area contributed by atoms with Gasteiger partial charge in [0, 0.05) is 35.5 Å². The van der Waals surface area contributed by atoms with Gasteiger partial charge in [-0.25, -0.2) is 0 Å². The van der Waals surface area contributed by atoms with E-state index < -0.39 is 10.8 Å². The van der Waals surface area contributed by atoms with E-state index >= 15 is 0 Å². The van der Waals surface area contributed by atoms with E-state index in [0.717, 1.165) is 5.56 Å². The predicted molar refractivity (Wildman–Crippen MR) is 139 cm³/mol. The number of non-ortho nitro benzene ring substituents is 1. The Labute approximate surface area is 213 Å². The van der Waals surface area contributed by atoms with Crippen LogP contribution in [0.5, 0.6) is 0 Å². The van der Waals surface area contributed by atoms with Crippen molar-refractivity contribution in [1.29, 1.82) is 5.26 Å². The summed E-state index contributed by atoms with van der Waals surface area (Å²) in [5, 5.41) is 28.2. The number of allylic oxidation sites excluding steroid dienone is 3. The summed E-state index contributed by atoms with van der Waals surface area (Å²) in [6, 6.07) is 15.7. The van der Waals surface area contributed by atoms with Crippen LogP contribution in [0.3, 0.4) is 0 Å². The van der Waals surface area contributed by atoms with Crippen molar-refractivity contribution >= 4 is 34.8 Å². The van der Waals surface area contributed by atoms with E-state index in [2.05, 4.69) is 16.7 Å². The smallest absolute Gasteiger partial charge is 0.269 e. The second-order valence-corrected chi connectivity index (χ2v) is 10.7. The number of benzene rings is 2. The number of nitrogens with zero attached hydrogens (tertiary/aromatic N) is 2. The van der Waals surface area contributed by atoms with Gasteiger partial charge in [0.25, 0.3) is 5.69 Å². The van der Waals surface area contributed by atoms with Crippen LogP contribution in [0.25, 0.3) is 0 Å². The van der Waals surface area contributed by atoms with Crippen molar-refractivity contribution in [2.24, 2.45) is 5.41 Å². The summed E-state index contributed by atoms with van der Waals surface area (Å²) in [5.74, 6) is -1.01. The molecule has 184 valence electrons. The molecule has 2 aromatic rings. The highest BCUT2D eigenvalue weighted by atomic mass is 32.2. The molecule has 1 aliphatic carbocycles. The summed E-state index contributed by atoms with van der Waals surface area (Å²) in [7, 11) is 0. The van der Waals surface area contributed by atoms with E-state index in [1.165, 1.54) is 23.9 Å². The third kappa shape index (κ3) is 5.19. The molecule has 0 radical (unpaired) electrons. The third-order valence-electron chi connectivity index (χ3n) is 6.31. The SMILES string of the molecule is Cc1ccccc1NC(=O)CSC1=C(C#N)C(c2cccc([N+](=O)[O-])c2)C2=C(CC(C)(C)CC2=O)N1. The van der Waals surface area contributed by atoms with Crippen LogP contribution < -0.4 is 10.6 Å². The van der Waals surface area contributed by atoms with Crippen molar-refractivity contribution in [3.8, 4) is 6.07 Å². The van der Waals surface area contributed by atoms with Crippen molar-refractivity contribution in [2.45, 2.75) is 39.5 Å². The number of Topliss-reactive ketones (excluding diaryl/α,β-unsaturated/α-hetero) is 1. The summed E-state index contributed by atoms with van der Waals surface area (Å²) in [6.07, 6.45) is 0.899. The molecular formula is C27H26N4O4S. The molecule has 1 unspecified atom stereocenters. The Kier molecular flexibility index (Phi) is 7.00. The fourth-order valence-electron chi connectivity index (χ4n) is 4.68. The third-order valence-corrected chi connectivity index (χ3v) is 7.33. The topological polar surface area (TPSA) is 125 Å². The number of aryl methyl sites for hydroxylation is 1. The molecule has 1 amide bonds. The summed E-state index contributed by atoms with van der Waals surface area (Å²) in [6.45, 7) is 5.91. The minimum atomic E-state index is -0.739. The Morgan fingerprint density at radius 2 is 2.00 bits per heavy atom. The molecule has 1 aliphatic heterocycles. The zero-order chi connectivity index (χ0) is 26.0. The molecule has 0 spiro atoms. The maximum atomic E-state index is 13.3. The Morgan fingerprint density at radius 3 is 2.69 bits per heavy atom. The van der Waals surface area contributed by atoms with Crippen LogP contribution in [-0.2, 0) is 9.59 Å². The Balaban J connectivity index is 1.70. The van der Waals surface area contributed by atoms with Gasteiger partial charge in [-0.15, -0.1) is 0 Å². The quantitative estimate of drug-likeness (QED) is 0.403. The van der Waals surface area contributed by atoms with E-state index in [9.17, 15) is 25.0 Å². The van der Waals surface area contributed by atoms with Gasteiger partial charge in [-0.2, -0.15) is 5.26 Å². The lowest BCUT2D eigenvalue weighted by Gasteiger charge is -2.39. The molecule has 1 atom stereocenters. The first-order chi connectivity index (χ1) is 17.1. The number of amides is 1. The molecule has 4 rings (SSSR count). The number of carbonyl (C=O) groups is 2. The van der Waals surface area contributed by atoms with E-state index in [-0.39, 0.29) is 34.1 Å². The van der Waals surface area contributed by atoms with Crippen molar-refractivity contribution in [1.82, 2.24) is 5.32 Å². The number of rotatable bonds is 6. The van der Waals surface area contributed by atoms with Gasteiger partial charge in [-0.3, -0.25) is 19.7 Å². The maximum Gasteiger partial charge on any atom is 0.269 e. The Morgan fingerprint density at radius 1 is 1.25 bits per heavy atom. The predicted octanol–water partition coefficient (Wildman–Crippen LogP) is 5.34. The molecule has 2 N–H and O–H groups in total. The molecule has 0 saturated carbocycles. The van der Waals surface area contributed by atoms with Crippen molar-refractivity contribution in [2.75, 3.05) is 11.1 Å². The zero-order valence-corrected chi connectivity index (χ0v) is 21.1. The molecule has 1 heterocycles. The molecule has 0 bridgehead atoms. The highest BCUT2D eigenvalue weighted by Gasteiger charge is 2.42. The van der Waals surface area contributed by atoms with Gasteiger partial charge < -0.3 is 10.6 Å². The monoisotopic (exact) mass is 502 g/mol. The first kappa shape index (κ1) is 25.2. The summed E-state index contributed by atoms with van der Waals surface area (Å²) in [4.78, 5) is 36.9. The maximum absolute atomic E-state index is 13.3. The number of anilines is 1. The second-order valence-electron chi connectivity index (χ2n) is 9.75. The minimum absolute atomic E-state index is 0.0451. The molecule has 0 aromatic heterocycles. The van der Waals surface area contributed by atoms with Crippen LogP contribution in [-0.4, -0.2) is 22.4 Å². The number of carbonyl (C=O) groups excluding carboxylic acids is 2. The van der Waals surface area contributed by atoms with Gasteiger partial charge in [-0.1, -0.05) is 55.9 Å². The standard InChI is InChI=1S/C27H26N4O4S/c1-16-7-4-5-10-20(16)29-23(33)15-36-26-19(14-28)24(17-8-6-9-18(11-17)31(34)35)25-21(30-26)12-27(2,3)13-22(25)32/h4-11,24,30H,12-13,15H2,1-3H3,(H,29,33). The number of hydrogen-bond donors (Lipinski definition) is 2. The van der Waals surface area contributed by atoms with Crippen molar-refractivity contribution in [3.63, 3.8) is 0 Å². The fraction of sp³-hybridized carbons (Fsp3) is 0.296. The van der Waals surface area contributed by atoms with Crippen LogP contribution in [0.4, 0.5) is 11.4 Å². The lowest BCUT2D eigenvalue weighted by Crippen LogP contribution is -2.37. The summed E-state index contributed by atoms with van der Waals surface area (Å²) in [5.41, 5.74) is 3.22. The zero-order valence-electron chi connectivity index (χ0n) is 20.3. The van der Waals surface area contributed by atoms with Crippen LogP contribution >= 0.6 is 11.8 Å². The number of dihydropyridines is 1. The Hall–Kier alpha value is -3.90. The molecule has 2 aromatic carbocycles. The normalized spacial score (nSPS) is 18.7. The van der Waals surface area contributed by atoms with Crippen LogP contribution in [0.15, 0.2) is 70.4 Å². The van der Waals surface area contributed by atoms with Gasteiger partial charge >= 0.3 is 0 Å². The van der Waals surface area contributed by atoms with Gasteiger partial charge in [-0.05, 0) is 36.0 Å². The van der Waals surface area contributed by atoms with Crippen LogP contribution in [0.2, 0.25) is 0 Å². The molecule has 9 heteroatoms. The highest BCUT2D eigenvalue weighted by Crippen LogP contribution is 2.48. The second kappa shape index (κ2) is 9.99. The lowest BCUT2D eigenvalue weighted by molar-refractivity contribution is -0.384. The molecule has 0 fully saturated rings. The fourth-order valence-corrected chi connectivity index (χ4v) is 5.54. The van der Waals surface area contributed by atoms with E-state index in [0.29, 0.717) is 40.4 Å². The van der Waals surface area contributed by atoms with E-state index in [1.807, 2.05) is 45.0 Å². The van der Waals surface area contributed by atoms with Gasteiger partial charge in [0.1, 0.15) is 0 Å². The molecule has 36 heavy (non-hydrogen) atoms. The first-order valence-corrected chi connectivity index (χ1v) is 12.5. The largest absolute Gasteiger partial charge is 0.352 e. The van der Waals surface area contributed by atoms with Gasteiger partial charge in [0.2, 0.25) is 5.91 Å².